The fourth-order valence-electron chi connectivity index (χ4n) is 2.53. The van der Waals surface area contributed by atoms with E-state index in [-0.39, 0.29) is 5.97 Å². The lowest BCUT2D eigenvalue weighted by Crippen LogP contribution is -2.25. The third-order valence-corrected chi connectivity index (χ3v) is 3.63. The third-order valence-electron chi connectivity index (χ3n) is 3.63. The molecule has 2 heterocycles. The van der Waals surface area contributed by atoms with Crippen molar-refractivity contribution in [1.29, 1.82) is 0 Å². The molecule has 100 valence electrons. The van der Waals surface area contributed by atoms with Gasteiger partial charge in [0.1, 0.15) is 6.61 Å². The van der Waals surface area contributed by atoms with Crippen LogP contribution in [-0.2, 0) is 4.74 Å². The van der Waals surface area contributed by atoms with Crippen molar-refractivity contribution < 1.29 is 9.53 Å². The van der Waals surface area contributed by atoms with E-state index in [0.717, 1.165) is 30.5 Å². The second-order valence-corrected chi connectivity index (χ2v) is 4.96. The first kappa shape index (κ1) is 12.2. The Morgan fingerprint density at radius 1 is 1.26 bits per heavy atom. The summed E-state index contributed by atoms with van der Waals surface area (Å²) in [6, 6.07) is 7.57. The number of likely N-dealkylation sites (tertiary alicyclic amines) is 1. The number of carbonyl (C=O) groups is 1. The van der Waals surface area contributed by atoms with E-state index >= 15 is 0 Å². The molecule has 1 aromatic carbocycles. The van der Waals surface area contributed by atoms with E-state index in [0.29, 0.717) is 12.2 Å². The van der Waals surface area contributed by atoms with Crippen LogP contribution in [0, 0.1) is 0 Å². The van der Waals surface area contributed by atoms with Crippen molar-refractivity contribution >= 4 is 16.9 Å². The number of aromatic nitrogens is 1. The minimum atomic E-state index is -0.240. The van der Waals surface area contributed by atoms with Gasteiger partial charge in [0, 0.05) is 18.3 Å². The molecule has 0 atom stereocenters. The predicted octanol–water partition coefficient (Wildman–Crippen LogP) is 2.42. The molecule has 0 spiro atoms. The quantitative estimate of drug-likeness (QED) is 0.857. The van der Waals surface area contributed by atoms with Crippen molar-refractivity contribution in [2.24, 2.45) is 0 Å². The number of rotatable bonds is 4. The first-order valence-corrected chi connectivity index (χ1v) is 6.79. The largest absolute Gasteiger partial charge is 0.461 e. The molecule has 1 aromatic heterocycles. The molecular weight excluding hydrogens is 240 g/mol. The van der Waals surface area contributed by atoms with Crippen LogP contribution < -0.4 is 0 Å². The lowest BCUT2D eigenvalue weighted by molar-refractivity contribution is 0.0472. The van der Waals surface area contributed by atoms with E-state index in [1.165, 1.54) is 12.8 Å². The van der Waals surface area contributed by atoms with Crippen molar-refractivity contribution in [2.45, 2.75) is 12.8 Å². The highest BCUT2D eigenvalue weighted by molar-refractivity contribution is 5.94. The van der Waals surface area contributed by atoms with Gasteiger partial charge in [0.05, 0.1) is 5.56 Å². The number of ether oxygens (including phenoxy) is 1. The van der Waals surface area contributed by atoms with E-state index in [1.54, 1.807) is 0 Å². The summed E-state index contributed by atoms with van der Waals surface area (Å²) in [6.07, 6.45) is 4.39. The Bertz CT molecular complexity index is 570. The van der Waals surface area contributed by atoms with Crippen molar-refractivity contribution in [3.05, 3.63) is 36.0 Å². The first-order valence-electron chi connectivity index (χ1n) is 6.79. The van der Waals surface area contributed by atoms with Crippen molar-refractivity contribution in [3.8, 4) is 0 Å². The number of H-pyrrole nitrogens is 1. The number of fused-ring (bicyclic) bond motifs is 1. The minimum Gasteiger partial charge on any atom is -0.461 e. The number of hydrogen-bond donors (Lipinski definition) is 1. The number of carbonyl (C=O) groups excluding carboxylic acids is 1. The maximum absolute atomic E-state index is 11.9. The molecule has 1 aliphatic rings. The van der Waals surface area contributed by atoms with Crippen LogP contribution in [0.2, 0.25) is 0 Å². The zero-order chi connectivity index (χ0) is 13.1. The molecule has 0 unspecified atom stereocenters. The summed E-state index contributed by atoms with van der Waals surface area (Å²) < 4.78 is 5.32. The average Bonchev–Trinajstić information content (AvgIpc) is 3.08. The van der Waals surface area contributed by atoms with Crippen molar-refractivity contribution in [1.82, 2.24) is 9.88 Å². The second-order valence-electron chi connectivity index (χ2n) is 4.96. The van der Waals surface area contributed by atoms with E-state index in [4.69, 9.17) is 4.74 Å². The van der Waals surface area contributed by atoms with Gasteiger partial charge in [-0.25, -0.2) is 4.79 Å². The zero-order valence-corrected chi connectivity index (χ0v) is 10.9. The number of aromatic amines is 1. The van der Waals surface area contributed by atoms with Crippen LogP contribution in [0.1, 0.15) is 23.2 Å². The standard InChI is InChI=1S/C15H18N2O2/c18-15(19-10-9-17-7-1-2-8-17)13-4-3-12-5-6-16-14(12)11-13/h3-6,11,16H,1-2,7-10H2. The van der Waals surface area contributed by atoms with Gasteiger partial charge in [-0.3, -0.25) is 4.90 Å². The van der Waals surface area contributed by atoms with Crippen LogP contribution in [0.5, 0.6) is 0 Å². The van der Waals surface area contributed by atoms with Crippen LogP contribution in [0.3, 0.4) is 0 Å². The molecule has 1 aliphatic heterocycles. The molecule has 0 saturated carbocycles. The SMILES string of the molecule is O=C(OCCN1CCCC1)c1ccc2cc[nH]c2c1. The molecule has 0 amide bonds. The summed E-state index contributed by atoms with van der Waals surface area (Å²) >= 11 is 0. The van der Waals surface area contributed by atoms with E-state index < -0.39 is 0 Å². The molecule has 0 aliphatic carbocycles. The topological polar surface area (TPSA) is 45.3 Å². The second kappa shape index (κ2) is 5.45. The van der Waals surface area contributed by atoms with E-state index in [2.05, 4.69) is 9.88 Å². The highest BCUT2D eigenvalue weighted by Crippen LogP contribution is 2.15. The Kier molecular flexibility index (Phi) is 3.51. The van der Waals surface area contributed by atoms with Crippen LogP contribution >= 0.6 is 0 Å². The lowest BCUT2D eigenvalue weighted by atomic mass is 10.2. The summed E-state index contributed by atoms with van der Waals surface area (Å²) in [5.74, 6) is -0.240. The molecule has 19 heavy (non-hydrogen) atoms. The fourth-order valence-corrected chi connectivity index (χ4v) is 2.53. The maximum atomic E-state index is 11.9. The monoisotopic (exact) mass is 258 g/mol. The van der Waals surface area contributed by atoms with Crippen LogP contribution in [0.15, 0.2) is 30.5 Å². The Hall–Kier alpha value is -1.81. The molecule has 0 bridgehead atoms. The summed E-state index contributed by atoms with van der Waals surface area (Å²) in [4.78, 5) is 17.4. The molecule has 1 N–H and O–H groups in total. The molecule has 1 fully saturated rings. The highest BCUT2D eigenvalue weighted by Gasteiger charge is 2.13. The molecule has 3 rings (SSSR count). The minimum absolute atomic E-state index is 0.240. The van der Waals surface area contributed by atoms with E-state index in [9.17, 15) is 4.79 Å². The Morgan fingerprint density at radius 3 is 2.95 bits per heavy atom. The van der Waals surface area contributed by atoms with Crippen LogP contribution in [0.25, 0.3) is 10.9 Å². The molecule has 4 heteroatoms. The summed E-state index contributed by atoms with van der Waals surface area (Å²) in [6.45, 7) is 3.58. The van der Waals surface area contributed by atoms with Gasteiger partial charge in [0.25, 0.3) is 0 Å². The molecule has 4 nitrogen and oxygen atoms in total. The lowest BCUT2D eigenvalue weighted by Gasteiger charge is -2.14. The molecule has 2 aromatic rings. The van der Waals surface area contributed by atoms with Gasteiger partial charge in [-0.15, -0.1) is 0 Å². The van der Waals surface area contributed by atoms with E-state index in [1.807, 2.05) is 30.5 Å². The third kappa shape index (κ3) is 2.79. The normalized spacial score (nSPS) is 16.0. The van der Waals surface area contributed by atoms with Gasteiger partial charge in [0.2, 0.25) is 0 Å². The summed E-state index contributed by atoms with van der Waals surface area (Å²) in [5.41, 5.74) is 1.57. The van der Waals surface area contributed by atoms with Gasteiger partial charge in [0.15, 0.2) is 0 Å². The van der Waals surface area contributed by atoms with Gasteiger partial charge >= 0.3 is 5.97 Å². The smallest absolute Gasteiger partial charge is 0.338 e. The highest BCUT2D eigenvalue weighted by atomic mass is 16.5. The molecule has 1 saturated heterocycles. The van der Waals surface area contributed by atoms with Crippen LogP contribution in [-0.4, -0.2) is 42.1 Å². The van der Waals surface area contributed by atoms with Gasteiger partial charge in [-0.2, -0.15) is 0 Å². The Labute approximate surface area is 112 Å². The van der Waals surface area contributed by atoms with Gasteiger partial charge in [-0.05, 0) is 49.5 Å². The van der Waals surface area contributed by atoms with Crippen molar-refractivity contribution in [2.75, 3.05) is 26.2 Å². The number of esters is 1. The zero-order valence-electron chi connectivity index (χ0n) is 10.9. The number of hydrogen-bond acceptors (Lipinski definition) is 3. The average molecular weight is 258 g/mol. The number of benzene rings is 1. The maximum Gasteiger partial charge on any atom is 0.338 e. The van der Waals surface area contributed by atoms with Gasteiger partial charge < -0.3 is 9.72 Å². The van der Waals surface area contributed by atoms with Crippen LogP contribution in [0.4, 0.5) is 0 Å². The fraction of sp³-hybridized carbons (Fsp3) is 0.400. The number of nitrogens with one attached hydrogen (secondary N) is 1. The summed E-state index contributed by atoms with van der Waals surface area (Å²) in [7, 11) is 0. The Balaban J connectivity index is 1.56. The van der Waals surface area contributed by atoms with Gasteiger partial charge in [-0.1, -0.05) is 6.07 Å². The molecular formula is C15H18N2O2. The molecule has 0 radical (unpaired) electrons. The van der Waals surface area contributed by atoms with Crippen molar-refractivity contribution in [3.63, 3.8) is 0 Å². The first-order chi connectivity index (χ1) is 9.33. The summed E-state index contributed by atoms with van der Waals surface area (Å²) in [5, 5.41) is 1.11. The number of nitrogens with zero attached hydrogens (tertiary/aromatic N) is 1. The Morgan fingerprint density at radius 2 is 2.11 bits per heavy atom. The predicted molar refractivity (Wildman–Crippen MR) is 74.3 cm³/mol.